The molecule has 1 saturated heterocycles. The molecule has 1 atom stereocenters. The average Bonchev–Trinajstić information content (AvgIpc) is 2.43. The molecule has 0 aliphatic carbocycles. The molecule has 112 valence electrons. The summed E-state index contributed by atoms with van der Waals surface area (Å²) in [5, 5.41) is 16.8. The molecule has 0 radical (unpaired) electrons. The third kappa shape index (κ3) is 4.47. The summed E-state index contributed by atoms with van der Waals surface area (Å²) in [6.45, 7) is 7.86. The maximum absolute atomic E-state index is 10.3. The van der Waals surface area contributed by atoms with Crippen molar-refractivity contribution in [2.24, 2.45) is 0 Å². The lowest BCUT2D eigenvalue weighted by Gasteiger charge is -2.32. The van der Waals surface area contributed by atoms with Gasteiger partial charge >= 0.3 is 0 Å². The lowest BCUT2D eigenvalue weighted by atomic mass is 9.94. The number of aryl methyl sites for hydroxylation is 2. The molecule has 0 aromatic heterocycles. The highest BCUT2D eigenvalue weighted by atomic mass is 16.5. The van der Waals surface area contributed by atoms with Gasteiger partial charge in [-0.2, -0.15) is 0 Å². The summed E-state index contributed by atoms with van der Waals surface area (Å²) < 4.78 is 5.70. The van der Waals surface area contributed by atoms with Crippen LogP contribution in [0.1, 0.15) is 24.0 Å². The monoisotopic (exact) mass is 278 g/mol. The average molecular weight is 278 g/mol. The zero-order valence-corrected chi connectivity index (χ0v) is 12.5. The molecule has 20 heavy (non-hydrogen) atoms. The second-order valence-corrected chi connectivity index (χ2v) is 5.78. The van der Waals surface area contributed by atoms with Crippen LogP contribution in [0.3, 0.4) is 0 Å². The Morgan fingerprint density at radius 1 is 1.35 bits per heavy atom. The fourth-order valence-corrected chi connectivity index (χ4v) is 2.47. The van der Waals surface area contributed by atoms with E-state index >= 15 is 0 Å². The predicted molar refractivity (Wildman–Crippen MR) is 81.3 cm³/mol. The van der Waals surface area contributed by atoms with Crippen molar-refractivity contribution >= 4 is 0 Å². The first-order chi connectivity index (χ1) is 9.59. The first-order valence-electron chi connectivity index (χ1n) is 7.43. The van der Waals surface area contributed by atoms with Gasteiger partial charge in [-0.1, -0.05) is 6.07 Å². The predicted octanol–water partition coefficient (Wildman–Crippen LogP) is 1.39. The van der Waals surface area contributed by atoms with Gasteiger partial charge in [-0.15, -0.1) is 0 Å². The standard InChI is InChI=1S/C16H26N2O2/c1-13-4-5-15(10-14(13)2)20-9-8-18-12-16(19)6-3-7-17-11-16/h4-5,10,17-19H,3,6-9,11-12H2,1-2H3/t16-/m1/s1. The van der Waals surface area contributed by atoms with Crippen molar-refractivity contribution in [2.75, 3.05) is 32.8 Å². The molecule has 3 N–H and O–H groups in total. The number of hydrogen-bond acceptors (Lipinski definition) is 4. The van der Waals surface area contributed by atoms with Crippen molar-refractivity contribution in [3.05, 3.63) is 29.3 Å². The molecule has 0 spiro atoms. The van der Waals surface area contributed by atoms with E-state index in [1.165, 1.54) is 11.1 Å². The van der Waals surface area contributed by atoms with Gasteiger partial charge < -0.3 is 20.5 Å². The molecule has 1 fully saturated rings. The van der Waals surface area contributed by atoms with Gasteiger partial charge in [0.25, 0.3) is 0 Å². The van der Waals surface area contributed by atoms with E-state index in [0.29, 0.717) is 19.7 Å². The van der Waals surface area contributed by atoms with Crippen molar-refractivity contribution in [3.63, 3.8) is 0 Å². The van der Waals surface area contributed by atoms with Crippen LogP contribution >= 0.6 is 0 Å². The fourth-order valence-electron chi connectivity index (χ4n) is 2.47. The SMILES string of the molecule is Cc1ccc(OCCNC[C@@]2(O)CCCNC2)cc1C. The normalized spacial score (nSPS) is 22.8. The van der Waals surface area contributed by atoms with Gasteiger partial charge in [0.05, 0.1) is 5.60 Å². The minimum atomic E-state index is -0.599. The summed E-state index contributed by atoms with van der Waals surface area (Å²) in [4.78, 5) is 0. The van der Waals surface area contributed by atoms with Crippen LogP contribution in [-0.2, 0) is 0 Å². The van der Waals surface area contributed by atoms with Crippen molar-refractivity contribution in [2.45, 2.75) is 32.3 Å². The van der Waals surface area contributed by atoms with Gasteiger partial charge in [0.2, 0.25) is 0 Å². The Morgan fingerprint density at radius 2 is 2.20 bits per heavy atom. The van der Waals surface area contributed by atoms with Crippen LogP contribution in [0.2, 0.25) is 0 Å². The Balaban J connectivity index is 1.65. The summed E-state index contributed by atoms with van der Waals surface area (Å²) in [5.74, 6) is 0.910. The first kappa shape index (κ1) is 15.3. The van der Waals surface area contributed by atoms with Gasteiger partial charge in [-0.3, -0.25) is 0 Å². The Kier molecular flexibility index (Phi) is 5.40. The van der Waals surface area contributed by atoms with E-state index in [1.807, 2.05) is 6.07 Å². The maximum Gasteiger partial charge on any atom is 0.119 e. The second kappa shape index (κ2) is 7.07. The van der Waals surface area contributed by atoms with E-state index < -0.39 is 5.60 Å². The van der Waals surface area contributed by atoms with Crippen molar-refractivity contribution in [3.8, 4) is 5.75 Å². The molecular formula is C16H26N2O2. The number of piperidine rings is 1. The van der Waals surface area contributed by atoms with E-state index in [9.17, 15) is 5.11 Å². The van der Waals surface area contributed by atoms with Gasteiger partial charge in [0.15, 0.2) is 0 Å². The smallest absolute Gasteiger partial charge is 0.119 e. The maximum atomic E-state index is 10.3. The highest BCUT2D eigenvalue weighted by Gasteiger charge is 2.28. The number of aliphatic hydroxyl groups is 1. The Morgan fingerprint density at radius 3 is 2.90 bits per heavy atom. The van der Waals surface area contributed by atoms with Crippen LogP contribution in [0.15, 0.2) is 18.2 Å². The van der Waals surface area contributed by atoms with Crippen LogP contribution < -0.4 is 15.4 Å². The number of β-amino-alcohol motifs (C(OH)–C–C–N with tert-alkyl or cyclic N) is 1. The summed E-state index contributed by atoms with van der Waals surface area (Å²) >= 11 is 0. The van der Waals surface area contributed by atoms with E-state index in [4.69, 9.17) is 4.74 Å². The molecule has 4 nitrogen and oxygen atoms in total. The number of nitrogens with one attached hydrogen (secondary N) is 2. The second-order valence-electron chi connectivity index (χ2n) is 5.78. The van der Waals surface area contributed by atoms with E-state index in [2.05, 4.69) is 36.6 Å². The van der Waals surface area contributed by atoms with Gasteiger partial charge in [0.1, 0.15) is 12.4 Å². The highest BCUT2D eigenvalue weighted by molar-refractivity contribution is 5.33. The number of rotatable bonds is 6. The van der Waals surface area contributed by atoms with Crippen LogP contribution in [0.25, 0.3) is 0 Å². The molecule has 0 bridgehead atoms. The van der Waals surface area contributed by atoms with Crippen LogP contribution in [0, 0.1) is 13.8 Å². The van der Waals surface area contributed by atoms with Gasteiger partial charge in [-0.25, -0.2) is 0 Å². The first-order valence-corrected chi connectivity index (χ1v) is 7.43. The molecule has 4 heteroatoms. The molecule has 0 saturated carbocycles. The molecule has 2 rings (SSSR count). The zero-order valence-electron chi connectivity index (χ0n) is 12.5. The quantitative estimate of drug-likeness (QED) is 0.688. The molecule has 1 aromatic carbocycles. The zero-order chi connectivity index (χ0) is 14.4. The Labute approximate surface area is 121 Å². The van der Waals surface area contributed by atoms with Crippen LogP contribution in [0.4, 0.5) is 0 Å². The lowest BCUT2D eigenvalue weighted by Crippen LogP contribution is -2.52. The summed E-state index contributed by atoms with van der Waals surface area (Å²) in [7, 11) is 0. The Hall–Kier alpha value is -1.10. The minimum Gasteiger partial charge on any atom is -0.492 e. The summed E-state index contributed by atoms with van der Waals surface area (Å²) in [5.41, 5.74) is 1.93. The largest absolute Gasteiger partial charge is 0.492 e. The molecule has 0 unspecified atom stereocenters. The van der Waals surface area contributed by atoms with Crippen LogP contribution in [-0.4, -0.2) is 43.5 Å². The highest BCUT2D eigenvalue weighted by Crippen LogP contribution is 2.16. The number of benzene rings is 1. The number of ether oxygens (including phenoxy) is 1. The van der Waals surface area contributed by atoms with Crippen molar-refractivity contribution in [1.82, 2.24) is 10.6 Å². The van der Waals surface area contributed by atoms with Crippen LogP contribution in [0.5, 0.6) is 5.75 Å². The number of hydrogen-bond donors (Lipinski definition) is 3. The minimum absolute atomic E-state index is 0.599. The molecule has 1 aliphatic rings. The molecule has 0 amide bonds. The van der Waals surface area contributed by atoms with Crippen molar-refractivity contribution < 1.29 is 9.84 Å². The summed E-state index contributed by atoms with van der Waals surface area (Å²) in [6.07, 6.45) is 1.91. The third-order valence-electron chi connectivity index (χ3n) is 3.93. The fraction of sp³-hybridized carbons (Fsp3) is 0.625. The summed E-state index contributed by atoms with van der Waals surface area (Å²) in [6, 6.07) is 6.14. The molecule has 1 aliphatic heterocycles. The third-order valence-corrected chi connectivity index (χ3v) is 3.93. The van der Waals surface area contributed by atoms with E-state index in [-0.39, 0.29) is 0 Å². The molecular weight excluding hydrogens is 252 g/mol. The van der Waals surface area contributed by atoms with Crippen molar-refractivity contribution in [1.29, 1.82) is 0 Å². The Bertz CT molecular complexity index is 428. The van der Waals surface area contributed by atoms with E-state index in [0.717, 1.165) is 31.7 Å². The lowest BCUT2D eigenvalue weighted by molar-refractivity contribution is 0.0167. The van der Waals surface area contributed by atoms with E-state index in [1.54, 1.807) is 0 Å². The molecule has 1 aromatic rings. The molecule has 1 heterocycles. The topological polar surface area (TPSA) is 53.5 Å². The van der Waals surface area contributed by atoms with Gasteiger partial charge in [0, 0.05) is 19.6 Å². The van der Waals surface area contributed by atoms with Gasteiger partial charge in [-0.05, 0) is 56.5 Å².